The maximum absolute atomic E-state index is 12.5. The van der Waals surface area contributed by atoms with Crippen LogP contribution in [-0.2, 0) is 9.47 Å². The van der Waals surface area contributed by atoms with Crippen LogP contribution in [0.25, 0.3) is 16.7 Å². The van der Waals surface area contributed by atoms with Gasteiger partial charge >= 0.3 is 0 Å². The summed E-state index contributed by atoms with van der Waals surface area (Å²) >= 11 is 6.25. The highest BCUT2D eigenvalue weighted by molar-refractivity contribution is 6.31. The highest BCUT2D eigenvalue weighted by Gasteiger charge is 2.13. The second-order valence-corrected chi connectivity index (χ2v) is 6.71. The van der Waals surface area contributed by atoms with Crippen molar-refractivity contribution in [2.45, 2.75) is 27.1 Å². The number of fused-ring (bicyclic) bond motifs is 1. The Morgan fingerprint density at radius 1 is 1.18 bits per heavy atom. The van der Waals surface area contributed by atoms with Gasteiger partial charge in [-0.2, -0.15) is 0 Å². The molecule has 0 spiro atoms. The van der Waals surface area contributed by atoms with Gasteiger partial charge < -0.3 is 14.8 Å². The van der Waals surface area contributed by atoms with E-state index in [0.29, 0.717) is 23.8 Å². The molecule has 1 heterocycles. The molecular weight excluding hydrogens is 378 g/mol. The van der Waals surface area contributed by atoms with E-state index >= 15 is 0 Å². The summed E-state index contributed by atoms with van der Waals surface area (Å²) < 4.78 is 12.8. The van der Waals surface area contributed by atoms with Crippen LogP contribution in [-0.4, -0.2) is 41.5 Å². The number of hydrogen-bond acceptors (Lipinski definition) is 4. The Bertz CT molecular complexity index is 965. The number of nitrogens with zero attached hydrogens (tertiary/aromatic N) is 2. The molecule has 0 bridgehead atoms. The third-order valence-electron chi connectivity index (χ3n) is 4.38. The zero-order valence-corrected chi connectivity index (χ0v) is 17.0. The fourth-order valence-electron chi connectivity index (χ4n) is 2.91. The highest BCUT2D eigenvalue weighted by atomic mass is 35.5. The summed E-state index contributed by atoms with van der Waals surface area (Å²) in [5, 5.41) is 3.55. The van der Waals surface area contributed by atoms with Crippen molar-refractivity contribution in [3.8, 4) is 5.69 Å². The lowest BCUT2D eigenvalue weighted by Gasteiger charge is -2.17. The van der Waals surface area contributed by atoms with Gasteiger partial charge in [-0.05, 0) is 56.7 Å². The second kappa shape index (κ2) is 9.19. The van der Waals surface area contributed by atoms with Crippen molar-refractivity contribution in [3.63, 3.8) is 0 Å². The summed E-state index contributed by atoms with van der Waals surface area (Å²) in [7, 11) is 0. The number of aryl methyl sites for hydroxylation is 1. The van der Waals surface area contributed by atoms with E-state index in [9.17, 15) is 4.79 Å². The first-order chi connectivity index (χ1) is 13.5. The van der Waals surface area contributed by atoms with Crippen LogP contribution in [0.3, 0.4) is 0 Å². The predicted octanol–water partition coefficient (Wildman–Crippen LogP) is 4.12. The molecule has 0 aliphatic rings. The van der Waals surface area contributed by atoms with E-state index in [0.717, 1.165) is 22.3 Å². The summed E-state index contributed by atoms with van der Waals surface area (Å²) in [6.07, 6.45) is 1.28. The zero-order valence-electron chi connectivity index (χ0n) is 16.2. The zero-order chi connectivity index (χ0) is 20.1. The molecule has 0 atom stereocenters. The molecule has 148 valence electrons. The van der Waals surface area contributed by atoms with Crippen molar-refractivity contribution in [1.82, 2.24) is 14.9 Å². The number of carbonyl (C=O) groups is 1. The SMILES string of the molecule is CCOC(CNC(=O)c1ccc2c(c1)ncn2-c1ccc(C)c(Cl)c1)OCC. The van der Waals surface area contributed by atoms with Crippen LogP contribution in [0.5, 0.6) is 0 Å². The monoisotopic (exact) mass is 401 g/mol. The minimum Gasteiger partial charge on any atom is -0.351 e. The van der Waals surface area contributed by atoms with Gasteiger partial charge in [0, 0.05) is 29.5 Å². The van der Waals surface area contributed by atoms with Gasteiger partial charge in [-0.1, -0.05) is 17.7 Å². The number of rotatable bonds is 8. The number of carbonyl (C=O) groups excluding carboxylic acids is 1. The van der Waals surface area contributed by atoms with E-state index in [-0.39, 0.29) is 12.5 Å². The molecule has 1 aromatic heterocycles. The molecule has 0 aliphatic carbocycles. The Morgan fingerprint density at radius 3 is 2.61 bits per heavy atom. The van der Waals surface area contributed by atoms with E-state index in [4.69, 9.17) is 21.1 Å². The molecular formula is C21H24ClN3O3. The Morgan fingerprint density at radius 2 is 1.93 bits per heavy atom. The molecule has 0 saturated heterocycles. The highest BCUT2D eigenvalue weighted by Crippen LogP contribution is 2.23. The van der Waals surface area contributed by atoms with Crippen molar-refractivity contribution in [2.24, 2.45) is 0 Å². The van der Waals surface area contributed by atoms with Gasteiger partial charge in [-0.25, -0.2) is 4.98 Å². The molecule has 0 fully saturated rings. The third-order valence-corrected chi connectivity index (χ3v) is 4.78. The number of halogens is 1. The van der Waals surface area contributed by atoms with Crippen LogP contribution in [0.4, 0.5) is 0 Å². The van der Waals surface area contributed by atoms with Gasteiger partial charge in [-0.15, -0.1) is 0 Å². The quantitative estimate of drug-likeness (QED) is 0.577. The smallest absolute Gasteiger partial charge is 0.251 e. The molecule has 1 amide bonds. The Labute approximate surface area is 169 Å². The first-order valence-electron chi connectivity index (χ1n) is 9.28. The standard InChI is InChI=1S/C21H24ClN3O3/c1-4-27-20(28-5-2)12-23-21(26)15-7-9-19-18(10-15)24-13-25(19)16-8-6-14(3)17(22)11-16/h6-11,13,20H,4-5,12H2,1-3H3,(H,23,26). The maximum Gasteiger partial charge on any atom is 0.251 e. The lowest BCUT2D eigenvalue weighted by atomic mass is 10.1. The molecule has 0 radical (unpaired) electrons. The summed E-state index contributed by atoms with van der Waals surface area (Å²) in [6, 6.07) is 11.3. The Balaban J connectivity index is 1.77. The van der Waals surface area contributed by atoms with Crippen molar-refractivity contribution in [3.05, 3.63) is 58.9 Å². The van der Waals surface area contributed by atoms with Gasteiger partial charge in [0.2, 0.25) is 0 Å². The number of amides is 1. The topological polar surface area (TPSA) is 65.4 Å². The summed E-state index contributed by atoms with van der Waals surface area (Å²) in [5.74, 6) is -0.195. The average Bonchev–Trinajstić information content (AvgIpc) is 3.11. The van der Waals surface area contributed by atoms with E-state index in [1.54, 1.807) is 18.5 Å². The van der Waals surface area contributed by atoms with E-state index in [1.165, 1.54) is 0 Å². The third kappa shape index (κ3) is 4.52. The van der Waals surface area contributed by atoms with Crippen molar-refractivity contribution < 1.29 is 14.3 Å². The van der Waals surface area contributed by atoms with Crippen LogP contribution in [0.15, 0.2) is 42.7 Å². The van der Waals surface area contributed by atoms with E-state index in [1.807, 2.05) is 49.6 Å². The summed E-state index contributed by atoms with van der Waals surface area (Å²) in [5.41, 5.74) is 4.11. The largest absolute Gasteiger partial charge is 0.351 e. The van der Waals surface area contributed by atoms with Gasteiger partial charge in [0.1, 0.15) is 6.33 Å². The molecule has 1 N–H and O–H groups in total. The second-order valence-electron chi connectivity index (χ2n) is 6.30. The summed E-state index contributed by atoms with van der Waals surface area (Å²) in [6.45, 7) is 7.07. The normalized spacial score (nSPS) is 11.3. The average molecular weight is 402 g/mol. The van der Waals surface area contributed by atoms with Crippen LogP contribution < -0.4 is 5.32 Å². The van der Waals surface area contributed by atoms with Gasteiger partial charge in [0.15, 0.2) is 6.29 Å². The minimum atomic E-state index is -0.451. The number of ether oxygens (including phenoxy) is 2. The molecule has 6 nitrogen and oxygen atoms in total. The number of hydrogen-bond donors (Lipinski definition) is 1. The first kappa shape index (κ1) is 20.3. The van der Waals surface area contributed by atoms with Gasteiger partial charge in [0.25, 0.3) is 5.91 Å². The molecule has 0 unspecified atom stereocenters. The van der Waals surface area contributed by atoms with Crippen LogP contribution in [0.1, 0.15) is 29.8 Å². The lowest BCUT2D eigenvalue weighted by Crippen LogP contribution is -2.35. The molecule has 3 rings (SSSR count). The predicted molar refractivity (Wildman–Crippen MR) is 110 cm³/mol. The van der Waals surface area contributed by atoms with E-state index in [2.05, 4.69) is 10.3 Å². The van der Waals surface area contributed by atoms with Crippen molar-refractivity contribution in [1.29, 1.82) is 0 Å². The number of imidazole rings is 1. The molecule has 3 aromatic rings. The lowest BCUT2D eigenvalue weighted by molar-refractivity contribution is -0.131. The Kier molecular flexibility index (Phi) is 6.67. The maximum atomic E-state index is 12.5. The Hall–Kier alpha value is -2.41. The number of nitrogens with one attached hydrogen (secondary N) is 1. The van der Waals surface area contributed by atoms with Crippen LogP contribution in [0, 0.1) is 6.92 Å². The van der Waals surface area contributed by atoms with Crippen LogP contribution in [0.2, 0.25) is 5.02 Å². The van der Waals surface area contributed by atoms with Crippen molar-refractivity contribution in [2.75, 3.05) is 19.8 Å². The molecule has 7 heteroatoms. The fraction of sp³-hybridized carbons (Fsp3) is 0.333. The molecule has 0 saturated carbocycles. The van der Waals surface area contributed by atoms with E-state index < -0.39 is 6.29 Å². The minimum absolute atomic E-state index is 0.195. The first-order valence-corrected chi connectivity index (χ1v) is 9.66. The van der Waals surface area contributed by atoms with Gasteiger partial charge in [0.05, 0.1) is 17.6 Å². The fourth-order valence-corrected chi connectivity index (χ4v) is 3.08. The molecule has 0 aliphatic heterocycles. The molecule has 2 aromatic carbocycles. The summed E-state index contributed by atoms with van der Waals surface area (Å²) in [4.78, 5) is 16.9. The number of benzene rings is 2. The molecule has 28 heavy (non-hydrogen) atoms. The van der Waals surface area contributed by atoms with Gasteiger partial charge in [-0.3, -0.25) is 9.36 Å². The number of aromatic nitrogens is 2. The van der Waals surface area contributed by atoms with Crippen LogP contribution >= 0.6 is 11.6 Å². The van der Waals surface area contributed by atoms with Crippen molar-refractivity contribution >= 4 is 28.5 Å².